The van der Waals surface area contributed by atoms with Gasteiger partial charge in [0.05, 0.1) is 12.7 Å². The number of para-hydroxylation sites is 1. The van der Waals surface area contributed by atoms with E-state index in [1.165, 1.54) is 12.1 Å². The van der Waals surface area contributed by atoms with Crippen molar-refractivity contribution in [2.45, 2.75) is 6.54 Å². The molecule has 2 aromatic rings. The van der Waals surface area contributed by atoms with Gasteiger partial charge in [-0.15, -0.1) is 0 Å². The summed E-state index contributed by atoms with van der Waals surface area (Å²) >= 11 is 3.13. The number of benzene rings is 2. The fourth-order valence-corrected chi connectivity index (χ4v) is 2.37. The summed E-state index contributed by atoms with van der Waals surface area (Å²) in [5.41, 5.74) is 0.820. The zero-order chi connectivity index (χ0) is 17.5. The normalized spacial score (nSPS) is 10.1. The lowest BCUT2D eigenvalue weighted by atomic mass is 10.2. The Balaban J connectivity index is 1.87. The Morgan fingerprint density at radius 2 is 1.96 bits per heavy atom. The van der Waals surface area contributed by atoms with E-state index in [2.05, 4.69) is 21.2 Å². The summed E-state index contributed by atoms with van der Waals surface area (Å²) in [7, 11) is 1.54. The first-order chi connectivity index (χ1) is 11.5. The van der Waals surface area contributed by atoms with Crippen LogP contribution in [0.15, 0.2) is 46.9 Å². The molecule has 0 heterocycles. The molecule has 0 unspecified atom stereocenters. The number of rotatable bonds is 6. The van der Waals surface area contributed by atoms with Crippen molar-refractivity contribution in [3.63, 3.8) is 0 Å². The van der Waals surface area contributed by atoms with Crippen LogP contribution >= 0.6 is 15.9 Å². The number of methoxy groups -OCH3 is 1. The van der Waals surface area contributed by atoms with E-state index in [-0.39, 0.29) is 12.1 Å². The van der Waals surface area contributed by atoms with Gasteiger partial charge in [0.25, 0.3) is 5.91 Å². The number of carbonyl (C=O) groups excluding carboxylic acids is 2. The predicted octanol–water partition coefficient (Wildman–Crippen LogP) is 3.07. The fourth-order valence-electron chi connectivity index (χ4n) is 1.96. The molecule has 0 aromatic heterocycles. The molecular formula is C17H15BrFNO4. The third kappa shape index (κ3) is 4.79. The molecule has 0 saturated heterocycles. The summed E-state index contributed by atoms with van der Waals surface area (Å²) in [4.78, 5) is 23.7. The molecular weight excluding hydrogens is 381 g/mol. The number of ether oxygens (including phenoxy) is 2. The van der Waals surface area contributed by atoms with Gasteiger partial charge in [0, 0.05) is 16.6 Å². The second-order valence-corrected chi connectivity index (χ2v) is 5.64. The summed E-state index contributed by atoms with van der Waals surface area (Å²) in [5, 5.41) is 2.62. The number of nitrogens with one attached hydrogen (secondary N) is 1. The van der Waals surface area contributed by atoms with E-state index in [4.69, 9.17) is 9.47 Å². The molecule has 2 aromatic carbocycles. The molecule has 0 fully saturated rings. The minimum Gasteiger partial charge on any atom is -0.496 e. The van der Waals surface area contributed by atoms with Crippen LogP contribution in [-0.4, -0.2) is 25.6 Å². The minimum absolute atomic E-state index is 0.0209. The maximum absolute atomic E-state index is 13.2. The second kappa shape index (κ2) is 8.44. The molecule has 7 heteroatoms. The maximum atomic E-state index is 13.2. The lowest BCUT2D eigenvalue weighted by molar-refractivity contribution is -0.124. The van der Waals surface area contributed by atoms with Gasteiger partial charge >= 0.3 is 5.97 Å². The molecule has 0 bridgehead atoms. The predicted molar refractivity (Wildman–Crippen MR) is 89.2 cm³/mol. The Morgan fingerprint density at radius 3 is 2.71 bits per heavy atom. The zero-order valence-corrected chi connectivity index (χ0v) is 14.4. The average Bonchev–Trinajstić information content (AvgIpc) is 2.60. The van der Waals surface area contributed by atoms with Gasteiger partial charge in [-0.3, -0.25) is 4.79 Å². The number of halogens is 2. The van der Waals surface area contributed by atoms with Crippen molar-refractivity contribution in [2.24, 2.45) is 0 Å². The van der Waals surface area contributed by atoms with E-state index in [9.17, 15) is 14.0 Å². The number of amides is 1. The molecule has 0 aliphatic rings. The van der Waals surface area contributed by atoms with Crippen molar-refractivity contribution in [3.8, 4) is 5.75 Å². The first-order valence-corrected chi connectivity index (χ1v) is 7.81. The van der Waals surface area contributed by atoms with Crippen LogP contribution in [-0.2, 0) is 16.1 Å². The fraction of sp³-hybridized carbons (Fsp3) is 0.176. The highest BCUT2D eigenvalue weighted by molar-refractivity contribution is 9.10. The molecule has 0 aliphatic carbocycles. The zero-order valence-electron chi connectivity index (χ0n) is 12.8. The van der Waals surface area contributed by atoms with E-state index in [1.54, 1.807) is 13.2 Å². The second-order valence-electron chi connectivity index (χ2n) is 4.79. The smallest absolute Gasteiger partial charge is 0.339 e. The van der Waals surface area contributed by atoms with Crippen LogP contribution in [0.4, 0.5) is 4.39 Å². The van der Waals surface area contributed by atoms with Gasteiger partial charge in [0.2, 0.25) is 0 Å². The van der Waals surface area contributed by atoms with Crippen LogP contribution in [0.1, 0.15) is 15.9 Å². The van der Waals surface area contributed by atoms with E-state index in [1.807, 2.05) is 18.2 Å². The highest BCUT2D eigenvalue weighted by Crippen LogP contribution is 2.19. The Hall–Kier alpha value is -2.41. The van der Waals surface area contributed by atoms with Crippen LogP contribution < -0.4 is 10.1 Å². The number of carbonyl (C=O) groups is 2. The molecule has 24 heavy (non-hydrogen) atoms. The van der Waals surface area contributed by atoms with Gasteiger partial charge in [-0.1, -0.05) is 18.2 Å². The summed E-state index contributed by atoms with van der Waals surface area (Å²) in [6.45, 7) is -0.221. The van der Waals surface area contributed by atoms with Crippen molar-refractivity contribution >= 4 is 27.8 Å². The van der Waals surface area contributed by atoms with Crippen molar-refractivity contribution in [2.75, 3.05) is 13.7 Å². The maximum Gasteiger partial charge on any atom is 0.339 e. The first kappa shape index (κ1) is 17.9. The van der Waals surface area contributed by atoms with E-state index in [0.29, 0.717) is 10.2 Å². The molecule has 0 saturated carbocycles. The number of esters is 1. The lowest BCUT2D eigenvalue weighted by Crippen LogP contribution is -2.28. The van der Waals surface area contributed by atoms with Crippen LogP contribution in [0.3, 0.4) is 0 Å². The minimum atomic E-state index is -0.784. The van der Waals surface area contributed by atoms with Crippen molar-refractivity contribution in [1.82, 2.24) is 5.32 Å². The highest BCUT2D eigenvalue weighted by atomic mass is 79.9. The molecule has 0 atom stereocenters. The van der Waals surface area contributed by atoms with Crippen LogP contribution in [0.5, 0.6) is 5.75 Å². The van der Waals surface area contributed by atoms with Gasteiger partial charge in [0.15, 0.2) is 6.61 Å². The SMILES string of the molecule is COc1ccccc1CNC(=O)COC(=O)c1cc(F)ccc1Br. The average molecular weight is 396 g/mol. The molecule has 0 spiro atoms. The molecule has 1 amide bonds. The first-order valence-electron chi connectivity index (χ1n) is 7.02. The van der Waals surface area contributed by atoms with E-state index in [0.717, 1.165) is 11.6 Å². The molecule has 5 nitrogen and oxygen atoms in total. The van der Waals surface area contributed by atoms with Gasteiger partial charge in [-0.05, 0) is 40.2 Å². The Labute approximate surface area is 146 Å². The Bertz CT molecular complexity index is 751. The quantitative estimate of drug-likeness (QED) is 0.763. The van der Waals surface area contributed by atoms with Crippen molar-refractivity contribution in [3.05, 3.63) is 63.9 Å². The molecule has 2 rings (SSSR count). The summed E-state index contributed by atoms with van der Waals surface area (Å²) < 4.78 is 23.6. The van der Waals surface area contributed by atoms with Gasteiger partial charge in [-0.2, -0.15) is 0 Å². The topological polar surface area (TPSA) is 64.6 Å². The summed E-state index contributed by atoms with van der Waals surface area (Å²) in [5.74, 6) is -1.17. The molecule has 0 aliphatic heterocycles. The lowest BCUT2D eigenvalue weighted by Gasteiger charge is -2.10. The third-order valence-corrected chi connectivity index (χ3v) is 3.84. The van der Waals surface area contributed by atoms with Crippen LogP contribution in [0.25, 0.3) is 0 Å². The van der Waals surface area contributed by atoms with E-state index >= 15 is 0 Å². The summed E-state index contributed by atoms with van der Waals surface area (Å²) in [6.07, 6.45) is 0. The van der Waals surface area contributed by atoms with Crippen molar-refractivity contribution in [1.29, 1.82) is 0 Å². The van der Waals surface area contributed by atoms with Gasteiger partial charge in [0.1, 0.15) is 11.6 Å². The molecule has 126 valence electrons. The Kier molecular flexibility index (Phi) is 6.31. The highest BCUT2D eigenvalue weighted by Gasteiger charge is 2.14. The van der Waals surface area contributed by atoms with Gasteiger partial charge in [-0.25, -0.2) is 9.18 Å². The van der Waals surface area contributed by atoms with Crippen LogP contribution in [0.2, 0.25) is 0 Å². The molecule has 1 N–H and O–H groups in total. The Morgan fingerprint density at radius 1 is 1.21 bits per heavy atom. The third-order valence-electron chi connectivity index (χ3n) is 3.15. The van der Waals surface area contributed by atoms with Gasteiger partial charge < -0.3 is 14.8 Å². The van der Waals surface area contributed by atoms with Crippen molar-refractivity contribution < 1.29 is 23.5 Å². The van der Waals surface area contributed by atoms with Crippen LogP contribution in [0, 0.1) is 5.82 Å². The largest absolute Gasteiger partial charge is 0.496 e. The molecule has 0 radical (unpaired) electrons. The van der Waals surface area contributed by atoms with E-state index < -0.39 is 24.3 Å². The summed E-state index contributed by atoms with van der Waals surface area (Å²) in [6, 6.07) is 10.9. The standard InChI is InChI=1S/C17H15BrFNO4/c1-23-15-5-3-2-4-11(15)9-20-16(21)10-24-17(22)13-8-12(19)6-7-14(13)18/h2-8H,9-10H2,1H3,(H,20,21). The number of hydrogen-bond acceptors (Lipinski definition) is 4. The monoisotopic (exact) mass is 395 g/mol. The number of hydrogen-bond donors (Lipinski definition) is 1.